The average Bonchev–Trinajstić information content (AvgIpc) is 3.58. The highest BCUT2D eigenvalue weighted by Crippen LogP contribution is 2.60. The van der Waals surface area contributed by atoms with Gasteiger partial charge in [-0.1, -0.05) is 11.6 Å². The van der Waals surface area contributed by atoms with Crippen LogP contribution in [-0.4, -0.2) is 27.4 Å². The Kier molecular flexibility index (Phi) is 5.65. The van der Waals surface area contributed by atoms with Crippen LogP contribution in [0, 0.1) is 18.3 Å². The topological polar surface area (TPSA) is 81.1 Å². The molecule has 2 aliphatic rings. The molecule has 0 saturated heterocycles. The quantitative estimate of drug-likeness (QED) is 0.649. The van der Waals surface area contributed by atoms with E-state index in [4.69, 9.17) is 11.6 Å². The molecule has 0 spiro atoms. The third-order valence-electron chi connectivity index (χ3n) is 5.99. The van der Waals surface area contributed by atoms with Gasteiger partial charge in [0, 0.05) is 29.0 Å². The average molecular weight is 468 g/mol. The van der Waals surface area contributed by atoms with E-state index >= 15 is 0 Å². The van der Waals surface area contributed by atoms with Crippen molar-refractivity contribution in [2.75, 3.05) is 5.32 Å². The largest absolute Gasteiger partial charge is 0.394 e. The molecule has 0 radical (unpaired) electrons. The van der Waals surface area contributed by atoms with Gasteiger partial charge in [0.25, 0.3) is 5.56 Å². The molecule has 2 aromatic rings. The number of hydrogen-bond donors (Lipinski definition) is 1. The zero-order chi connectivity index (χ0) is 23.3. The van der Waals surface area contributed by atoms with Crippen molar-refractivity contribution in [3.63, 3.8) is 0 Å². The monoisotopic (exact) mass is 467 g/mol. The number of amides is 1. The molecule has 4 rings (SSSR count). The Labute approximate surface area is 186 Å². The van der Waals surface area contributed by atoms with E-state index in [9.17, 15) is 27.6 Å². The lowest BCUT2D eigenvalue weighted by Gasteiger charge is -2.19. The Morgan fingerprint density at radius 2 is 1.94 bits per heavy atom. The first kappa shape index (κ1) is 22.5. The second kappa shape index (κ2) is 8.03. The number of alkyl halides is 3. The second-order valence-corrected chi connectivity index (χ2v) is 9.00. The molecule has 1 aromatic carbocycles. The van der Waals surface area contributed by atoms with E-state index in [0.717, 1.165) is 17.4 Å². The fourth-order valence-corrected chi connectivity index (χ4v) is 3.87. The minimum absolute atomic E-state index is 0.0398. The Morgan fingerprint density at radius 3 is 2.50 bits per heavy atom. The number of carbonyl (C=O) groups is 2. The number of aromatic nitrogens is 2. The molecule has 1 amide bonds. The number of anilines is 1. The van der Waals surface area contributed by atoms with Gasteiger partial charge in [0.1, 0.15) is 5.82 Å². The molecular weight excluding hydrogens is 447 g/mol. The molecule has 1 aromatic heterocycles. The molecule has 2 fully saturated rings. The summed E-state index contributed by atoms with van der Waals surface area (Å²) in [5.74, 6) is -0.652. The van der Waals surface area contributed by atoms with Gasteiger partial charge in [-0.2, -0.15) is 13.2 Å². The van der Waals surface area contributed by atoms with Gasteiger partial charge < -0.3 is 5.32 Å². The van der Waals surface area contributed by atoms with E-state index in [1.54, 1.807) is 18.2 Å². The van der Waals surface area contributed by atoms with Crippen LogP contribution in [0.4, 0.5) is 18.9 Å². The molecule has 2 aliphatic carbocycles. The number of nitrogens with one attached hydrogen (secondary N) is 1. The molecule has 10 heteroatoms. The summed E-state index contributed by atoms with van der Waals surface area (Å²) < 4.78 is 40.5. The van der Waals surface area contributed by atoms with Crippen molar-refractivity contribution in [1.29, 1.82) is 0 Å². The molecule has 6 nitrogen and oxygen atoms in total. The highest BCUT2D eigenvalue weighted by atomic mass is 35.5. The number of benzene rings is 1. The zero-order valence-corrected chi connectivity index (χ0v) is 18.0. The molecule has 0 atom stereocenters. The standard InChI is InChI=1S/C22H21ClF3N3O3/c1-12-27-18(16-5-4-14(23)8-17(16)28-20(32)13-2-3-13)9-19(31)29(12)11-15(30)10-21(6-7-21)22(24,25)26/h4-5,8-9,13H,2-3,6-7,10-11H2,1H3,(H,28,32). The van der Waals surface area contributed by atoms with Crippen LogP contribution >= 0.6 is 11.6 Å². The summed E-state index contributed by atoms with van der Waals surface area (Å²) in [6, 6.07) is 5.99. The van der Waals surface area contributed by atoms with Crippen molar-refractivity contribution in [2.45, 2.75) is 51.7 Å². The summed E-state index contributed by atoms with van der Waals surface area (Å²) in [5, 5.41) is 3.21. The zero-order valence-electron chi connectivity index (χ0n) is 17.3. The van der Waals surface area contributed by atoms with E-state index in [1.807, 2.05) is 0 Å². The van der Waals surface area contributed by atoms with Gasteiger partial charge in [-0.15, -0.1) is 0 Å². The molecular formula is C22H21ClF3N3O3. The summed E-state index contributed by atoms with van der Waals surface area (Å²) in [6.45, 7) is 1.04. The summed E-state index contributed by atoms with van der Waals surface area (Å²) in [7, 11) is 0. The van der Waals surface area contributed by atoms with Gasteiger partial charge in [0.05, 0.1) is 23.3 Å². The normalized spacial score (nSPS) is 17.2. The predicted molar refractivity (Wildman–Crippen MR) is 112 cm³/mol. The number of carbonyl (C=O) groups excluding carboxylic acids is 2. The number of rotatable bonds is 7. The maximum atomic E-state index is 13.1. The highest BCUT2D eigenvalue weighted by molar-refractivity contribution is 6.31. The SMILES string of the molecule is Cc1nc(-c2ccc(Cl)cc2NC(=O)C2CC2)cc(=O)n1CC(=O)CC1(C(F)(F)F)CC1. The number of hydrogen-bond acceptors (Lipinski definition) is 4. The Morgan fingerprint density at radius 1 is 1.25 bits per heavy atom. The number of nitrogens with zero attached hydrogens (tertiary/aromatic N) is 2. The number of halogens is 4. The van der Waals surface area contributed by atoms with Crippen LogP contribution in [0.3, 0.4) is 0 Å². The van der Waals surface area contributed by atoms with Gasteiger partial charge in [-0.3, -0.25) is 19.0 Å². The van der Waals surface area contributed by atoms with E-state index in [-0.39, 0.29) is 36.2 Å². The minimum atomic E-state index is -4.43. The third kappa shape index (κ3) is 4.57. The number of Topliss-reactive ketones (excluding diaryl/α,β-unsaturated/α-hetero) is 1. The minimum Gasteiger partial charge on any atom is -0.325 e. The van der Waals surface area contributed by atoms with Crippen molar-refractivity contribution >= 4 is 29.0 Å². The number of aryl methyl sites for hydroxylation is 1. The summed E-state index contributed by atoms with van der Waals surface area (Å²) >= 11 is 6.06. The molecule has 2 saturated carbocycles. The lowest BCUT2D eigenvalue weighted by atomic mass is 9.99. The highest BCUT2D eigenvalue weighted by Gasteiger charge is 2.63. The maximum Gasteiger partial charge on any atom is 0.394 e. The summed E-state index contributed by atoms with van der Waals surface area (Å²) in [5.41, 5.74) is -1.35. The van der Waals surface area contributed by atoms with Gasteiger partial charge in [-0.05, 0) is 50.8 Å². The van der Waals surface area contributed by atoms with Crippen LogP contribution in [0.1, 0.15) is 37.9 Å². The van der Waals surface area contributed by atoms with E-state index in [1.165, 1.54) is 13.0 Å². The lowest BCUT2D eigenvalue weighted by molar-refractivity contribution is -0.190. The van der Waals surface area contributed by atoms with Gasteiger partial charge in [0.15, 0.2) is 5.78 Å². The fraction of sp³-hybridized carbons (Fsp3) is 0.455. The summed E-state index contributed by atoms with van der Waals surface area (Å²) in [4.78, 5) is 41.6. The van der Waals surface area contributed by atoms with Crippen LogP contribution in [0.25, 0.3) is 11.3 Å². The second-order valence-electron chi connectivity index (χ2n) is 8.56. The Hall–Kier alpha value is -2.68. The van der Waals surface area contributed by atoms with Crippen LogP contribution in [0.2, 0.25) is 5.02 Å². The van der Waals surface area contributed by atoms with Gasteiger partial charge in [-0.25, -0.2) is 4.98 Å². The first-order valence-electron chi connectivity index (χ1n) is 10.3. The Bertz CT molecular complexity index is 1150. The van der Waals surface area contributed by atoms with Gasteiger partial charge in [0.2, 0.25) is 5.91 Å². The van der Waals surface area contributed by atoms with E-state index in [2.05, 4.69) is 10.3 Å². The third-order valence-corrected chi connectivity index (χ3v) is 6.22. The van der Waals surface area contributed by atoms with Crippen molar-refractivity contribution < 1.29 is 22.8 Å². The predicted octanol–water partition coefficient (Wildman–Crippen LogP) is 4.52. The Balaban J connectivity index is 1.58. The fourth-order valence-electron chi connectivity index (χ4n) is 3.70. The maximum absolute atomic E-state index is 13.1. The van der Waals surface area contributed by atoms with Gasteiger partial charge >= 0.3 is 6.18 Å². The van der Waals surface area contributed by atoms with Crippen molar-refractivity contribution in [3.05, 3.63) is 45.5 Å². The molecule has 1 heterocycles. The molecule has 0 bridgehead atoms. The smallest absolute Gasteiger partial charge is 0.325 e. The van der Waals surface area contributed by atoms with Crippen LogP contribution < -0.4 is 10.9 Å². The van der Waals surface area contributed by atoms with E-state index in [0.29, 0.717) is 16.3 Å². The van der Waals surface area contributed by atoms with Crippen LogP contribution in [0.15, 0.2) is 29.1 Å². The molecule has 32 heavy (non-hydrogen) atoms. The molecule has 1 N–H and O–H groups in total. The van der Waals surface area contributed by atoms with Crippen molar-refractivity contribution in [2.24, 2.45) is 11.3 Å². The van der Waals surface area contributed by atoms with Crippen LogP contribution in [-0.2, 0) is 16.1 Å². The van der Waals surface area contributed by atoms with Crippen molar-refractivity contribution in [3.8, 4) is 11.3 Å². The van der Waals surface area contributed by atoms with E-state index < -0.39 is 35.9 Å². The first-order chi connectivity index (χ1) is 15.0. The molecule has 0 aliphatic heterocycles. The summed E-state index contributed by atoms with van der Waals surface area (Å²) in [6.07, 6.45) is -3.57. The molecule has 0 unspecified atom stereocenters. The van der Waals surface area contributed by atoms with Crippen molar-refractivity contribution in [1.82, 2.24) is 9.55 Å². The van der Waals surface area contributed by atoms with Crippen LogP contribution in [0.5, 0.6) is 0 Å². The molecule has 170 valence electrons. The first-order valence-corrected chi connectivity index (χ1v) is 10.6. The lowest BCUT2D eigenvalue weighted by Crippen LogP contribution is -2.32. The number of ketones is 1.